The number of rotatable bonds is 10. The molecule has 144 valence electrons. The Kier molecular flexibility index (Phi) is 8.65. The molecule has 0 heterocycles. The van der Waals surface area contributed by atoms with Crippen molar-refractivity contribution in [1.29, 1.82) is 0 Å². The number of hydrogen-bond donors (Lipinski definition) is 0. The summed E-state index contributed by atoms with van der Waals surface area (Å²) in [5.74, 6) is 1.98. The quantitative estimate of drug-likeness (QED) is 0.483. The largest absolute Gasteiger partial charge is 0.497 e. The molecule has 0 aliphatic carbocycles. The van der Waals surface area contributed by atoms with Gasteiger partial charge in [0, 0.05) is 13.2 Å². The van der Waals surface area contributed by atoms with E-state index in [2.05, 4.69) is 59.8 Å². The molecule has 0 radical (unpaired) electrons. The summed E-state index contributed by atoms with van der Waals surface area (Å²) in [7, 11) is 0.0461. The number of methoxy groups -OCH3 is 1. The van der Waals surface area contributed by atoms with Crippen molar-refractivity contribution in [3.63, 3.8) is 0 Å². The van der Waals surface area contributed by atoms with Gasteiger partial charge in [0.25, 0.3) is 0 Å². The molecule has 0 spiro atoms. The molecular formula is C21H38O3Si. The van der Waals surface area contributed by atoms with Crippen LogP contribution in [0.25, 0.3) is 0 Å². The molecule has 0 aliphatic heterocycles. The molecule has 0 amide bonds. The van der Waals surface area contributed by atoms with Gasteiger partial charge in [-0.15, -0.1) is 0 Å². The van der Waals surface area contributed by atoms with Crippen LogP contribution < -0.4 is 4.74 Å². The summed E-state index contributed by atoms with van der Waals surface area (Å²) >= 11 is 0. The van der Waals surface area contributed by atoms with Crippen molar-refractivity contribution >= 4 is 8.32 Å². The van der Waals surface area contributed by atoms with Gasteiger partial charge in [0.1, 0.15) is 5.75 Å². The van der Waals surface area contributed by atoms with Crippen LogP contribution >= 0.6 is 0 Å². The van der Waals surface area contributed by atoms with Crippen LogP contribution in [0.3, 0.4) is 0 Å². The molecule has 0 fully saturated rings. The number of hydrogen-bond acceptors (Lipinski definition) is 3. The summed E-state index contributed by atoms with van der Waals surface area (Å²) in [6.07, 6.45) is 1.14. The summed E-state index contributed by atoms with van der Waals surface area (Å²) < 4.78 is 17.4. The van der Waals surface area contributed by atoms with Crippen LogP contribution in [-0.4, -0.2) is 28.6 Å². The minimum Gasteiger partial charge on any atom is -0.497 e. The first-order chi connectivity index (χ1) is 11.5. The van der Waals surface area contributed by atoms with Crippen molar-refractivity contribution in [2.24, 2.45) is 11.8 Å². The molecule has 0 saturated heterocycles. The SMILES string of the molecule is COc1ccc(COC[C@H](C)C[C@H](C)CO[Si](C)(C)C(C)(C)C)cc1. The maximum Gasteiger partial charge on any atom is 0.191 e. The van der Waals surface area contributed by atoms with Gasteiger partial charge in [-0.05, 0) is 54.1 Å². The topological polar surface area (TPSA) is 27.7 Å². The van der Waals surface area contributed by atoms with Crippen molar-refractivity contribution in [2.45, 2.75) is 65.8 Å². The van der Waals surface area contributed by atoms with Crippen molar-refractivity contribution in [2.75, 3.05) is 20.3 Å². The van der Waals surface area contributed by atoms with E-state index in [1.807, 2.05) is 12.1 Å². The second-order valence-corrected chi connectivity index (χ2v) is 13.7. The van der Waals surface area contributed by atoms with Crippen molar-refractivity contribution in [1.82, 2.24) is 0 Å². The minimum absolute atomic E-state index is 0.278. The van der Waals surface area contributed by atoms with Crippen LogP contribution in [0.15, 0.2) is 24.3 Å². The van der Waals surface area contributed by atoms with E-state index in [9.17, 15) is 0 Å². The summed E-state index contributed by atoms with van der Waals surface area (Å²) in [5, 5.41) is 0.278. The lowest BCUT2D eigenvalue weighted by Gasteiger charge is -2.37. The molecule has 25 heavy (non-hydrogen) atoms. The van der Waals surface area contributed by atoms with E-state index >= 15 is 0 Å². The summed E-state index contributed by atoms with van der Waals surface area (Å²) in [4.78, 5) is 0. The second-order valence-electron chi connectivity index (χ2n) is 8.88. The van der Waals surface area contributed by atoms with E-state index in [0.29, 0.717) is 18.4 Å². The average Bonchev–Trinajstić information content (AvgIpc) is 2.52. The first-order valence-electron chi connectivity index (χ1n) is 9.40. The molecule has 1 aromatic rings. The highest BCUT2D eigenvalue weighted by Gasteiger charge is 2.37. The van der Waals surface area contributed by atoms with E-state index in [1.165, 1.54) is 5.56 Å². The third-order valence-corrected chi connectivity index (χ3v) is 9.67. The van der Waals surface area contributed by atoms with Gasteiger partial charge >= 0.3 is 0 Å². The van der Waals surface area contributed by atoms with Gasteiger partial charge in [-0.25, -0.2) is 0 Å². The molecule has 0 aromatic heterocycles. The Morgan fingerprint density at radius 3 is 2.04 bits per heavy atom. The lowest BCUT2D eigenvalue weighted by molar-refractivity contribution is 0.0805. The average molecular weight is 367 g/mol. The van der Waals surface area contributed by atoms with Crippen LogP contribution in [0.4, 0.5) is 0 Å². The van der Waals surface area contributed by atoms with Gasteiger partial charge in [-0.2, -0.15) is 0 Å². The molecular weight excluding hydrogens is 328 g/mol. The Morgan fingerprint density at radius 2 is 1.52 bits per heavy atom. The van der Waals surface area contributed by atoms with Crippen LogP contribution in [0.5, 0.6) is 5.75 Å². The zero-order valence-corrected chi connectivity index (χ0v) is 18.5. The molecule has 2 atom stereocenters. The maximum absolute atomic E-state index is 6.34. The standard InChI is InChI=1S/C21H38O3Si/c1-17(13-18(2)15-24-25(7,8)21(3,4)5)14-23-16-19-9-11-20(22-6)12-10-19/h9-12,17-18H,13-16H2,1-8H3/t17-,18+/m1/s1. The predicted octanol–water partition coefficient (Wildman–Crippen LogP) is 5.90. The molecule has 0 aliphatic rings. The van der Waals surface area contributed by atoms with Crippen molar-refractivity contribution in [3.05, 3.63) is 29.8 Å². The highest BCUT2D eigenvalue weighted by Crippen LogP contribution is 2.37. The molecule has 4 heteroatoms. The lowest BCUT2D eigenvalue weighted by atomic mass is 9.99. The zero-order chi connectivity index (χ0) is 19.1. The third kappa shape index (κ3) is 7.93. The smallest absolute Gasteiger partial charge is 0.191 e. The Bertz CT molecular complexity index is 491. The molecule has 1 aromatic carbocycles. The first kappa shape index (κ1) is 22.2. The van der Waals surface area contributed by atoms with Gasteiger partial charge in [0.15, 0.2) is 8.32 Å². The lowest BCUT2D eigenvalue weighted by Crippen LogP contribution is -2.41. The third-order valence-electron chi connectivity index (χ3n) is 5.17. The second kappa shape index (κ2) is 9.74. The Morgan fingerprint density at radius 1 is 0.960 bits per heavy atom. The van der Waals surface area contributed by atoms with Gasteiger partial charge in [-0.1, -0.05) is 46.8 Å². The van der Waals surface area contributed by atoms with E-state index in [0.717, 1.165) is 25.4 Å². The fraction of sp³-hybridized carbons (Fsp3) is 0.714. The van der Waals surface area contributed by atoms with Crippen molar-refractivity contribution < 1.29 is 13.9 Å². The molecule has 3 nitrogen and oxygen atoms in total. The zero-order valence-electron chi connectivity index (χ0n) is 17.5. The highest BCUT2D eigenvalue weighted by molar-refractivity contribution is 6.74. The van der Waals surface area contributed by atoms with E-state index < -0.39 is 8.32 Å². The monoisotopic (exact) mass is 366 g/mol. The number of ether oxygens (including phenoxy) is 2. The molecule has 0 saturated carbocycles. The molecule has 1 rings (SSSR count). The highest BCUT2D eigenvalue weighted by atomic mass is 28.4. The number of benzene rings is 1. The summed E-state index contributed by atoms with van der Waals surface area (Å²) in [6.45, 7) is 18.4. The molecule has 0 N–H and O–H groups in total. The predicted molar refractivity (Wildman–Crippen MR) is 109 cm³/mol. The van der Waals surface area contributed by atoms with Gasteiger partial charge in [0.05, 0.1) is 13.7 Å². The molecule has 0 unspecified atom stereocenters. The fourth-order valence-electron chi connectivity index (χ4n) is 2.49. The van der Waals surface area contributed by atoms with Crippen LogP contribution in [0.1, 0.15) is 46.6 Å². The van der Waals surface area contributed by atoms with Crippen LogP contribution in [-0.2, 0) is 15.8 Å². The Hall–Kier alpha value is -0.843. The first-order valence-corrected chi connectivity index (χ1v) is 12.3. The van der Waals surface area contributed by atoms with E-state index in [4.69, 9.17) is 13.9 Å². The Labute approximate surface area is 156 Å². The van der Waals surface area contributed by atoms with Crippen molar-refractivity contribution in [3.8, 4) is 5.75 Å². The normalized spacial score (nSPS) is 15.0. The molecule has 0 bridgehead atoms. The van der Waals surface area contributed by atoms with Gasteiger partial charge < -0.3 is 13.9 Å². The Balaban J connectivity index is 2.27. The van der Waals surface area contributed by atoms with Gasteiger partial charge in [0.2, 0.25) is 0 Å². The van der Waals surface area contributed by atoms with Crippen LogP contribution in [0.2, 0.25) is 18.1 Å². The fourth-order valence-corrected chi connectivity index (χ4v) is 3.62. The van der Waals surface area contributed by atoms with Crippen LogP contribution in [0, 0.1) is 11.8 Å². The van der Waals surface area contributed by atoms with E-state index in [-0.39, 0.29) is 5.04 Å². The summed E-state index contributed by atoms with van der Waals surface area (Å²) in [6, 6.07) is 8.06. The maximum atomic E-state index is 6.34. The summed E-state index contributed by atoms with van der Waals surface area (Å²) in [5.41, 5.74) is 1.18. The minimum atomic E-state index is -1.64. The van der Waals surface area contributed by atoms with E-state index in [1.54, 1.807) is 7.11 Å². The van der Waals surface area contributed by atoms with Gasteiger partial charge in [-0.3, -0.25) is 0 Å².